The standard InChI is InChI=1S/C26H39NSi/c1-18(19-10-6-7-11-19)20-16-24-21-12-8-9-15-26(21,2)22-13-14-23(22)27(24)17-25(20)28(3,4)5/h8,12-14,16-19,21-24H,6-7,9-11,15H2,1-5H3/t18?,21-,22?,23?,24?,26-/m0/s1. The predicted molar refractivity (Wildman–Crippen MR) is 123 cm³/mol. The second-order valence-electron chi connectivity index (χ2n) is 11.6. The molecule has 4 unspecified atom stereocenters. The minimum Gasteiger partial charge on any atom is -0.364 e. The Morgan fingerprint density at radius 1 is 1.04 bits per heavy atom. The van der Waals surface area contributed by atoms with E-state index in [4.69, 9.17) is 0 Å². The van der Waals surface area contributed by atoms with Crippen LogP contribution in [0.5, 0.6) is 0 Å². The van der Waals surface area contributed by atoms with Gasteiger partial charge in [0.15, 0.2) is 0 Å². The Hall–Kier alpha value is -1.02. The predicted octanol–water partition coefficient (Wildman–Crippen LogP) is 6.73. The summed E-state index contributed by atoms with van der Waals surface area (Å²) in [5.74, 6) is 3.04. The first-order chi connectivity index (χ1) is 13.3. The number of rotatable bonds is 3. The zero-order valence-electron chi connectivity index (χ0n) is 18.6. The van der Waals surface area contributed by atoms with Gasteiger partial charge in [0.1, 0.15) is 0 Å². The monoisotopic (exact) mass is 393 g/mol. The van der Waals surface area contributed by atoms with Crippen LogP contribution in [0.25, 0.3) is 0 Å². The number of allylic oxidation sites excluding steroid dienone is 3. The van der Waals surface area contributed by atoms with E-state index in [0.717, 1.165) is 17.8 Å². The summed E-state index contributed by atoms with van der Waals surface area (Å²) in [5.41, 5.74) is 2.19. The molecule has 2 fully saturated rings. The van der Waals surface area contributed by atoms with Crippen LogP contribution in [0.4, 0.5) is 0 Å². The highest BCUT2D eigenvalue weighted by molar-refractivity contribution is 6.84. The fourth-order valence-electron chi connectivity index (χ4n) is 7.11. The van der Waals surface area contributed by atoms with Gasteiger partial charge < -0.3 is 4.90 Å². The zero-order valence-corrected chi connectivity index (χ0v) is 19.6. The van der Waals surface area contributed by atoms with Crippen molar-refractivity contribution in [2.75, 3.05) is 0 Å². The van der Waals surface area contributed by atoms with Crippen LogP contribution < -0.4 is 0 Å². The molecule has 2 heterocycles. The van der Waals surface area contributed by atoms with E-state index >= 15 is 0 Å². The topological polar surface area (TPSA) is 3.24 Å². The van der Waals surface area contributed by atoms with Gasteiger partial charge in [0.25, 0.3) is 0 Å². The minimum absolute atomic E-state index is 0.443. The number of fused-ring (bicyclic) bond motifs is 6. The Morgan fingerprint density at radius 2 is 1.75 bits per heavy atom. The molecule has 0 amide bonds. The van der Waals surface area contributed by atoms with E-state index in [2.05, 4.69) is 75.0 Å². The van der Waals surface area contributed by atoms with Crippen molar-refractivity contribution in [1.82, 2.24) is 4.90 Å². The molecule has 0 bridgehead atoms. The molecule has 2 aliphatic heterocycles. The van der Waals surface area contributed by atoms with Crippen molar-refractivity contribution in [3.8, 4) is 0 Å². The molecule has 3 aliphatic carbocycles. The van der Waals surface area contributed by atoms with Gasteiger partial charge in [-0.25, -0.2) is 0 Å². The lowest BCUT2D eigenvalue weighted by atomic mass is 9.53. The minimum atomic E-state index is -1.39. The molecule has 1 saturated heterocycles. The quantitative estimate of drug-likeness (QED) is 0.380. The molecule has 0 radical (unpaired) electrons. The zero-order chi connectivity index (χ0) is 19.7. The third-order valence-electron chi connectivity index (χ3n) is 9.00. The molecule has 1 nitrogen and oxygen atoms in total. The van der Waals surface area contributed by atoms with E-state index in [9.17, 15) is 0 Å². The summed E-state index contributed by atoms with van der Waals surface area (Å²) in [5, 5.41) is 1.74. The normalized spacial score (nSPS) is 40.8. The van der Waals surface area contributed by atoms with Crippen molar-refractivity contribution in [3.05, 3.63) is 47.3 Å². The van der Waals surface area contributed by atoms with Crippen LogP contribution in [-0.2, 0) is 0 Å². The highest BCUT2D eigenvalue weighted by Gasteiger charge is 2.56. The summed E-state index contributed by atoms with van der Waals surface area (Å²) in [6, 6.07) is 1.19. The lowest BCUT2D eigenvalue weighted by Crippen LogP contribution is -2.63. The lowest BCUT2D eigenvalue weighted by molar-refractivity contribution is -0.0285. The Kier molecular flexibility index (Phi) is 4.40. The van der Waals surface area contributed by atoms with Crippen molar-refractivity contribution in [1.29, 1.82) is 0 Å². The van der Waals surface area contributed by atoms with Crippen molar-refractivity contribution in [3.63, 3.8) is 0 Å². The van der Waals surface area contributed by atoms with Gasteiger partial charge in [-0.2, -0.15) is 0 Å². The van der Waals surface area contributed by atoms with Gasteiger partial charge in [-0.1, -0.05) is 76.7 Å². The maximum atomic E-state index is 2.78. The molecule has 0 aromatic rings. The van der Waals surface area contributed by atoms with Gasteiger partial charge in [-0.3, -0.25) is 0 Å². The second-order valence-corrected chi connectivity index (χ2v) is 16.6. The van der Waals surface area contributed by atoms with Gasteiger partial charge >= 0.3 is 0 Å². The highest BCUT2D eigenvalue weighted by Crippen LogP contribution is 2.58. The largest absolute Gasteiger partial charge is 0.364 e. The molecular weight excluding hydrogens is 354 g/mol. The Labute approximate surface area is 173 Å². The lowest BCUT2D eigenvalue weighted by Gasteiger charge is -2.62. The second kappa shape index (κ2) is 6.49. The molecular formula is C26H39NSi. The third kappa shape index (κ3) is 2.70. The number of hydrogen-bond acceptors (Lipinski definition) is 1. The first-order valence-electron chi connectivity index (χ1n) is 11.9. The summed E-state index contributed by atoms with van der Waals surface area (Å²) in [4.78, 5) is 2.78. The first-order valence-corrected chi connectivity index (χ1v) is 15.4. The van der Waals surface area contributed by atoms with Gasteiger partial charge in [0.05, 0.1) is 20.2 Å². The van der Waals surface area contributed by atoms with Gasteiger partial charge in [-0.15, -0.1) is 0 Å². The molecule has 2 heteroatoms. The first kappa shape index (κ1) is 19.0. The van der Waals surface area contributed by atoms with Crippen LogP contribution in [0.3, 0.4) is 0 Å². The van der Waals surface area contributed by atoms with Crippen LogP contribution in [-0.4, -0.2) is 25.1 Å². The van der Waals surface area contributed by atoms with Crippen LogP contribution in [0.2, 0.25) is 19.6 Å². The van der Waals surface area contributed by atoms with Gasteiger partial charge in [-0.05, 0) is 59.9 Å². The summed E-state index contributed by atoms with van der Waals surface area (Å²) in [6.45, 7) is 12.8. The van der Waals surface area contributed by atoms with Crippen molar-refractivity contribution >= 4 is 8.07 Å². The Bertz CT molecular complexity index is 760. The van der Waals surface area contributed by atoms with Crippen LogP contribution in [0.1, 0.15) is 52.4 Å². The molecule has 0 aromatic carbocycles. The van der Waals surface area contributed by atoms with Crippen molar-refractivity contribution < 1.29 is 0 Å². The Morgan fingerprint density at radius 3 is 2.39 bits per heavy atom. The molecule has 6 atom stereocenters. The Balaban J connectivity index is 1.59. The number of piperidine rings is 1. The van der Waals surface area contributed by atoms with Crippen LogP contribution in [0, 0.1) is 29.1 Å². The van der Waals surface area contributed by atoms with E-state index in [-0.39, 0.29) is 0 Å². The van der Waals surface area contributed by atoms with E-state index in [1.54, 1.807) is 10.8 Å². The molecule has 0 spiro atoms. The highest BCUT2D eigenvalue weighted by atomic mass is 28.3. The van der Waals surface area contributed by atoms with Crippen molar-refractivity contribution in [2.45, 2.75) is 84.1 Å². The molecule has 5 aliphatic rings. The maximum absolute atomic E-state index is 2.78. The maximum Gasteiger partial charge on any atom is 0.0798 e. The summed E-state index contributed by atoms with van der Waals surface area (Å²) in [7, 11) is -1.39. The fourth-order valence-corrected chi connectivity index (χ4v) is 8.82. The van der Waals surface area contributed by atoms with Gasteiger partial charge in [0.2, 0.25) is 0 Å². The third-order valence-corrected chi connectivity index (χ3v) is 11.0. The molecule has 0 aromatic heterocycles. The molecule has 0 N–H and O–H groups in total. The van der Waals surface area contributed by atoms with Crippen molar-refractivity contribution in [2.24, 2.45) is 29.1 Å². The average Bonchev–Trinajstić information content (AvgIpc) is 3.13. The van der Waals surface area contributed by atoms with Crippen LogP contribution in [0.15, 0.2) is 47.3 Å². The number of nitrogens with zero attached hydrogens (tertiary/aromatic N) is 1. The summed E-state index contributed by atoms with van der Waals surface area (Å²) in [6.07, 6.45) is 23.9. The smallest absolute Gasteiger partial charge is 0.0798 e. The molecule has 152 valence electrons. The van der Waals surface area contributed by atoms with E-state index in [1.807, 2.05) is 0 Å². The molecule has 28 heavy (non-hydrogen) atoms. The van der Waals surface area contributed by atoms with Gasteiger partial charge in [0, 0.05) is 11.8 Å². The van der Waals surface area contributed by atoms with Crippen LogP contribution >= 0.6 is 0 Å². The van der Waals surface area contributed by atoms with E-state index in [1.165, 1.54) is 38.5 Å². The molecule has 1 saturated carbocycles. The summed E-state index contributed by atoms with van der Waals surface area (Å²) < 4.78 is 0. The average molecular weight is 394 g/mol. The SMILES string of the molecule is CC(C1=CC2[C@@H]3C=CCC[C@]3(C)C3C=CC3N2C=C1[Si](C)(C)C)C1CCCC1. The summed E-state index contributed by atoms with van der Waals surface area (Å²) >= 11 is 0. The van der Waals surface area contributed by atoms with E-state index in [0.29, 0.717) is 23.4 Å². The van der Waals surface area contributed by atoms with E-state index < -0.39 is 8.07 Å². The molecule has 5 rings (SSSR count). The number of hydrogen-bond donors (Lipinski definition) is 0. The fraction of sp³-hybridized carbons (Fsp3) is 0.692.